The van der Waals surface area contributed by atoms with E-state index >= 15 is 0 Å². The maximum Gasteiger partial charge on any atom is 0.408 e. The lowest BCUT2D eigenvalue weighted by Gasteiger charge is -2.42. The molecule has 0 bridgehead atoms. The summed E-state index contributed by atoms with van der Waals surface area (Å²) in [5, 5.41) is 16.5. The molecule has 0 aromatic carbocycles. The smallest absolute Gasteiger partial charge is 0.408 e. The standard InChI is InChI=1S/C18H28N2O5/c1-13(2)15(11-21)19-16(22)18(8-4-3-5-9-18)20-17(23)25-12-14-7-6-10-24-14/h6-7,10-11,13,15-16,19,22H,3-5,8-9,12H2,1-2H3,(H,20,23)/t15-,16?/m1/s1. The van der Waals surface area contributed by atoms with Gasteiger partial charge in [0, 0.05) is 0 Å². The van der Waals surface area contributed by atoms with Gasteiger partial charge in [0.25, 0.3) is 0 Å². The molecule has 0 spiro atoms. The number of ether oxygens (including phenoxy) is 1. The first-order valence-electron chi connectivity index (χ1n) is 8.83. The van der Waals surface area contributed by atoms with Gasteiger partial charge in [0.2, 0.25) is 0 Å². The van der Waals surface area contributed by atoms with Crippen LogP contribution < -0.4 is 10.6 Å². The van der Waals surface area contributed by atoms with E-state index in [0.29, 0.717) is 18.6 Å². The van der Waals surface area contributed by atoms with Crippen molar-refractivity contribution in [1.29, 1.82) is 0 Å². The molecule has 1 amide bonds. The predicted molar refractivity (Wildman–Crippen MR) is 91.7 cm³/mol. The van der Waals surface area contributed by atoms with Gasteiger partial charge in [-0.2, -0.15) is 0 Å². The number of furan rings is 1. The van der Waals surface area contributed by atoms with Crippen molar-refractivity contribution in [3.8, 4) is 0 Å². The van der Waals surface area contributed by atoms with Crippen LogP contribution in [-0.2, 0) is 16.1 Å². The normalized spacial score (nSPS) is 19.2. The number of nitrogens with one attached hydrogen (secondary N) is 2. The summed E-state index contributed by atoms with van der Waals surface area (Å²) in [6, 6.07) is 2.96. The number of aliphatic hydroxyl groups is 1. The second-order valence-corrected chi connectivity index (χ2v) is 6.97. The third-order valence-corrected chi connectivity index (χ3v) is 4.76. The van der Waals surface area contributed by atoms with Crippen molar-refractivity contribution in [3.05, 3.63) is 24.2 Å². The van der Waals surface area contributed by atoms with Crippen LogP contribution in [0.4, 0.5) is 4.79 Å². The van der Waals surface area contributed by atoms with E-state index in [1.165, 1.54) is 6.26 Å². The van der Waals surface area contributed by atoms with Crippen molar-refractivity contribution in [3.63, 3.8) is 0 Å². The highest BCUT2D eigenvalue weighted by Crippen LogP contribution is 2.31. The van der Waals surface area contributed by atoms with Crippen LogP contribution in [-0.4, -0.2) is 35.3 Å². The van der Waals surface area contributed by atoms with E-state index in [0.717, 1.165) is 25.5 Å². The summed E-state index contributed by atoms with van der Waals surface area (Å²) >= 11 is 0. The van der Waals surface area contributed by atoms with Crippen LogP contribution >= 0.6 is 0 Å². The van der Waals surface area contributed by atoms with Gasteiger partial charge in [-0.05, 0) is 30.9 Å². The van der Waals surface area contributed by atoms with Crippen molar-refractivity contribution in [2.75, 3.05) is 0 Å². The molecule has 1 aliphatic carbocycles. The van der Waals surface area contributed by atoms with E-state index in [-0.39, 0.29) is 12.5 Å². The van der Waals surface area contributed by atoms with Crippen molar-refractivity contribution in [1.82, 2.24) is 10.6 Å². The highest BCUT2D eigenvalue weighted by molar-refractivity contribution is 5.68. The van der Waals surface area contributed by atoms with Gasteiger partial charge in [-0.3, -0.25) is 5.32 Å². The minimum Gasteiger partial charge on any atom is -0.466 e. The molecule has 7 heteroatoms. The van der Waals surface area contributed by atoms with E-state index in [1.807, 2.05) is 13.8 Å². The maximum absolute atomic E-state index is 12.2. The lowest BCUT2D eigenvalue weighted by atomic mass is 9.80. The molecule has 0 radical (unpaired) electrons. The number of aliphatic hydroxyl groups excluding tert-OH is 1. The minimum atomic E-state index is -1.03. The van der Waals surface area contributed by atoms with Crippen molar-refractivity contribution < 1.29 is 23.8 Å². The number of hydrogen-bond donors (Lipinski definition) is 3. The Morgan fingerprint density at radius 2 is 2.12 bits per heavy atom. The molecule has 1 aromatic rings. The topological polar surface area (TPSA) is 101 Å². The van der Waals surface area contributed by atoms with Gasteiger partial charge in [0.1, 0.15) is 18.3 Å². The van der Waals surface area contributed by atoms with Crippen LogP contribution in [0.5, 0.6) is 0 Å². The fourth-order valence-corrected chi connectivity index (χ4v) is 3.15. The molecule has 7 nitrogen and oxygen atoms in total. The highest BCUT2D eigenvalue weighted by atomic mass is 16.6. The van der Waals surface area contributed by atoms with E-state index in [4.69, 9.17) is 9.15 Å². The second-order valence-electron chi connectivity index (χ2n) is 6.97. The Bertz CT molecular complexity index is 538. The van der Waals surface area contributed by atoms with Crippen LogP contribution in [0.25, 0.3) is 0 Å². The van der Waals surface area contributed by atoms with Crippen molar-refractivity contribution in [2.24, 2.45) is 5.92 Å². The monoisotopic (exact) mass is 352 g/mol. The maximum atomic E-state index is 12.2. The quantitative estimate of drug-likeness (QED) is 0.490. The zero-order valence-corrected chi connectivity index (χ0v) is 14.9. The average molecular weight is 352 g/mol. The molecule has 25 heavy (non-hydrogen) atoms. The molecule has 0 aliphatic heterocycles. The number of aldehydes is 1. The van der Waals surface area contributed by atoms with Crippen molar-refractivity contribution in [2.45, 2.75) is 70.4 Å². The zero-order valence-electron chi connectivity index (χ0n) is 14.9. The fourth-order valence-electron chi connectivity index (χ4n) is 3.15. The summed E-state index contributed by atoms with van der Waals surface area (Å²) in [4.78, 5) is 23.5. The van der Waals surface area contributed by atoms with Crippen LogP contribution in [0.2, 0.25) is 0 Å². The van der Waals surface area contributed by atoms with Crippen LogP contribution in [0.1, 0.15) is 51.7 Å². The lowest BCUT2D eigenvalue weighted by molar-refractivity contribution is -0.112. The molecule has 1 aromatic heterocycles. The molecule has 1 unspecified atom stereocenters. The third-order valence-electron chi connectivity index (χ3n) is 4.76. The molecule has 2 atom stereocenters. The lowest BCUT2D eigenvalue weighted by Crippen LogP contribution is -2.64. The van der Waals surface area contributed by atoms with Crippen LogP contribution in [0.3, 0.4) is 0 Å². The van der Waals surface area contributed by atoms with Gasteiger partial charge in [-0.1, -0.05) is 33.1 Å². The predicted octanol–water partition coefficient (Wildman–Crippen LogP) is 2.34. The minimum absolute atomic E-state index is 0.0292. The van der Waals surface area contributed by atoms with E-state index in [1.54, 1.807) is 12.1 Å². The summed E-state index contributed by atoms with van der Waals surface area (Å²) in [5.41, 5.74) is -0.839. The van der Waals surface area contributed by atoms with Gasteiger partial charge in [0.05, 0.1) is 17.8 Å². The number of carbonyl (C=O) groups excluding carboxylic acids is 2. The Morgan fingerprint density at radius 1 is 1.40 bits per heavy atom. The Hall–Kier alpha value is -1.86. The van der Waals surface area contributed by atoms with Gasteiger partial charge in [-0.25, -0.2) is 4.79 Å². The summed E-state index contributed by atoms with van der Waals surface area (Å²) in [6.07, 6.45) is 4.76. The number of alkyl carbamates (subject to hydrolysis) is 1. The Kier molecular flexibility index (Phi) is 7.01. The molecule has 0 saturated heterocycles. The van der Waals surface area contributed by atoms with Gasteiger partial charge < -0.3 is 24.4 Å². The molecular weight excluding hydrogens is 324 g/mol. The molecule has 1 saturated carbocycles. The molecule has 3 N–H and O–H groups in total. The summed E-state index contributed by atoms with van der Waals surface area (Å²) < 4.78 is 10.3. The first-order chi connectivity index (χ1) is 12.0. The van der Waals surface area contributed by atoms with Crippen LogP contribution in [0.15, 0.2) is 22.8 Å². The molecule has 2 rings (SSSR count). The first-order valence-corrected chi connectivity index (χ1v) is 8.83. The largest absolute Gasteiger partial charge is 0.466 e. The SMILES string of the molecule is CC(C)[C@@H](C=O)NC(O)C1(NC(=O)OCc2ccco2)CCCCC1. The number of hydrogen-bond acceptors (Lipinski definition) is 6. The Balaban J connectivity index is 2.00. The third kappa shape index (κ3) is 5.31. The Labute approximate surface area is 148 Å². The summed E-state index contributed by atoms with van der Waals surface area (Å²) in [7, 11) is 0. The number of amides is 1. The van der Waals surface area contributed by atoms with Crippen molar-refractivity contribution >= 4 is 12.4 Å². The molecular formula is C18H28N2O5. The number of carbonyl (C=O) groups is 2. The zero-order chi connectivity index (χ0) is 18.3. The molecule has 1 aliphatic rings. The van der Waals surface area contributed by atoms with Gasteiger partial charge >= 0.3 is 6.09 Å². The highest BCUT2D eigenvalue weighted by Gasteiger charge is 2.42. The molecule has 140 valence electrons. The summed E-state index contributed by atoms with van der Waals surface area (Å²) in [6.45, 7) is 3.83. The average Bonchev–Trinajstić information content (AvgIpc) is 3.11. The van der Waals surface area contributed by atoms with E-state index < -0.39 is 23.9 Å². The van der Waals surface area contributed by atoms with E-state index in [9.17, 15) is 14.7 Å². The first kappa shape index (κ1) is 19.5. The number of rotatable bonds is 8. The van der Waals surface area contributed by atoms with Gasteiger partial charge in [-0.15, -0.1) is 0 Å². The van der Waals surface area contributed by atoms with Crippen LogP contribution in [0, 0.1) is 5.92 Å². The fraction of sp³-hybridized carbons (Fsp3) is 0.667. The molecule has 1 heterocycles. The van der Waals surface area contributed by atoms with E-state index in [2.05, 4.69) is 10.6 Å². The second kappa shape index (κ2) is 9.01. The Morgan fingerprint density at radius 3 is 2.68 bits per heavy atom. The molecule has 1 fully saturated rings. The summed E-state index contributed by atoms with van der Waals surface area (Å²) in [5.74, 6) is 0.589. The van der Waals surface area contributed by atoms with Gasteiger partial charge in [0.15, 0.2) is 6.61 Å².